The van der Waals surface area contributed by atoms with E-state index in [-0.39, 0.29) is 36.2 Å². The summed E-state index contributed by atoms with van der Waals surface area (Å²) in [6.07, 6.45) is 0.540. The Kier molecular flexibility index (Phi) is 6.41. The lowest BCUT2D eigenvalue weighted by molar-refractivity contribution is -0.130. The van der Waals surface area contributed by atoms with Crippen LogP contribution >= 0.6 is 12.4 Å². The van der Waals surface area contributed by atoms with Gasteiger partial charge in [-0.15, -0.1) is 12.4 Å². The third-order valence-corrected chi connectivity index (χ3v) is 4.79. The number of likely N-dealkylation sites (tertiary alicyclic amines) is 1. The zero-order chi connectivity index (χ0) is 16.2. The monoisotopic (exact) mass is 344 g/mol. The molecule has 0 aromatic heterocycles. The van der Waals surface area contributed by atoms with E-state index in [2.05, 4.69) is 31.2 Å². The average molecular weight is 345 g/mol. The van der Waals surface area contributed by atoms with Crippen molar-refractivity contribution in [3.8, 4) is 0 Å². The van der Waals surface area contributed by atoms with E-state index in [0.29, 0.717) is 13.0 Å². The molecule has 3 atom stereocenters. The maximum absolute atomic E-state index is 12.6. The van der Waals surface area contributed by atoms with Gasteiger partial charge in [0.05, 0.1) is 0 Å². The lowest BCUT2D eigenvalue weighted by Crippen LogP contribution is -2.32. The molecule has 2 aromatic rings. The Morgan fingerprint density at radius 3 is 2.29 bits per heavy atom. The minimum Gasteiger partial charge on any atom is -0.340 e. The number of hydrogen-bond acceptors (Lipinski definition) is 2. The van der Waals surface area contributed by atoms with E-state index in [1.54, 1.807) is 0 Å². The first-order valence-corrected chi connectivity index (χ1v) is 8.28. The molecular formula is C20H25ClN2O. The first kappa shape index (κ1) is 18.5. The fourth-order valence-corrected chi connectivity index (χ4v) is 3.38. The molecule has 0 spiro atoms. The molecular weight excluding hydrogens is 320 g/mol. The van der Waals surface area contributed by atoms with Crippen LogP contribution in [0.25, 0.3) is 0 Å². The van der Waals surface area contributed by atoms with E-state index in [9.17, 15) is 4.79 Å². The molecule has 24 heavy (non-hydrogen) atoms. The standard InChI is InChI=1S/C20H24N2O.ClH/c1-15(16-8-4-2-5-9-16)12-20(23)22-13-18(19(21)14-22)17-10-6-3-7-11-17;/h2-11,15,18-19H,12-14,21H2,1H3;1H/t15?,18-,19+;/m0./s1. The second kappa shape index (κ2) is 8.32. The van der Waals surface area contributed by atoms with Crippen LogP contribution < -0.4 is 5.73 Å². The summed E-state index contributed by atoms with van der Waals surface area (Å²) in [5.41, 5.74) is 8.73. The van der Waals surface area contributed by atoms with Crippen molar-refractivity contribution in [1.29, 1.82) is 0 Å². The number of rotatable bonds is 4. The maximum atomic E-state index is 12.6. The summed E-state index contributed by atoms with van der Waals surface area (Å²) in [4.78, 5) is 14.6. The molecule has 4 heteroatoms. The van der Waals surface area contributed by atoms with Gasteiger partial charge in [0.25, 0.3) is 0 Å². The lowest BCUT2D eigenvalue weighted by Gasteiger charge is -2.19. The molecule has 1 amide bonds. The Morgan fingerprint density at radius 2 is 1.67 bits per heavy atom. The van der Waals surface area contributed by atoms with Gasteiger partial charge in [-0.05, 0) is 17.0 Å². The van der Waals surface area contributed by atoms with E-state index in [0.717, 1.165) is 6.54 Å². The molecule has 0 saturated carbocycles. The Balaban J connectivity index is 0.00000208. The average Bonchev–Trinajstić information content (AvgIpc) is 2.98. The highest BCUT2D eigenvalue weighted by molar-refractivity contribution is 5.85. The van der Waals surface area contributed by atoms with E-state index < -0.39 is 0 Å². The molecule has 2 aromatic carbocycles. The topological polar surface area (TPSA) is 46.3 Å². The van der Waals surface area contributed by atoms with Crippen molar-refractivity contribution in [2.24, 2.45) is 5.73 Å². The number of hydrogen-bond donors (Lipinski definition) is 1. The molecule has 0 radical (unpaired) electrons. The summed E-state index contributed by atoms with van der Waals surface area (Å²) >= 11 is 0. The van der Waals surface area contributed by atoms with Gasteiger partial charge in [-0.2, -0.15) is 0 Å². The highest BCUT2D eigenvalue weighted by Crippen LogP contribution is 2.28. The van der Waals surface area contributed by atoms with Crippen molar-refractivity contribution in [3.05, 3.63) is 71.8 Å². The zero-order valence-electron chi connectivity index (χ0n) is 14.0. The van der Waals surface area contributed by atoms with E-state index in [4.69, 9.17) is 5.73 Å². The van der Waals surface area contributed by atoms with E-state index >= 15 is 0 Å². The second-order valence-corrected chi connectivity index (χ2v) is 6.50. The van der Waals surface area contributed by atoms with Crippen LogP contribution in [0, 0.1) is 0 Å². The van der Waals surface area contributed by atoms with E-state index in [1.807, 2.05) is 41.3 Å². The van der Waals surface area contributed by atoms with Crippen molar-refractivity contribution < 1.29 is 4.79 Å². The zero-order valence-corrected chi connectivity index (χ0v) is 14.8. The SMILES string of the molecule is CC(CC(=O)N1C[C@@H](N)[C@H](c2ccccc2)C1)c1ccccc1.Cl. The maximum Gasteiger partial charge on any atom is 0.223 e. The Labute approximate surface area is 150 Å². The van der Waals surface area contributed by atoms with Gasteiger partial charge in [0.1, 0.15) is 0 Å². The van der Waals surface area contributed by atoms with Crippen LogP contribution in [0.2, 0.25) is 0 Å². The van der Waals surface area contributed by atoms with Gasteiger partial charge >= 0.3 is 0 Å². The van der Waals surface area contributed by atoms with Gasteiger partial charge in [0.15, 0.2) is 0 Å². The van der Waals surface area contributed by atoms with Crippen molar-refractivity contribution in [2.45, 2.75) is 31.2 Å². The lowest BCUT2D eigenvalue weighted by atomic mass is 9.95. The largest absolute Gasteiger partial charge is 0.340 e. The molecule has 1 aliphatic heterocycles. The molecule has 1 fully saturated rings. The fraction of sp³-hybridized carbons (Fsp3) is 0.350. The summed E-state index contributed by atoms with van der Waals surface area (Å²) in [5, 5.41) is 0. The summed E-state index contributed by atoms with van der Waals surface area (Å²) in [5.74, 6) is 0.679. The van der Waals surface area contributed by atoms with Crippen LogP contribution in [0.5, 0.6) is 0 Å². The number of halogens is 1. The number of nitrogens with two attached hydrogens (primary N) is 1. The molecule has 1 unspecified atom stereocenters. The van der Waals surface area contributed by atoms with E-state index in [1.165, 1.54) is 11.1 Å². The molecule has 1 heterocycles. The number of benzene rings is 2. The predicted molar refractivity (Wildman–Crippen MR) is 100 cm³/mol. The molecule has 0 bridgehead atoms. The van der Waals surface area contributed by atoms with Crippen LogP contribution in [0.3, 0.4) is 0 Å². The minimum absolute atomic E-state index is 0. The fourth-order valence-electron chi connectivity index (χ4n) is 3.38. The van der Waals surface area contributed by atoms with Gasteiger partial charge in [0.2, 0.25) is 5.91 Å². The smallest absolute Gasteiger partial charge is 0.223 e. The number of amides is 1. The predicted octanol–water partition coefficient (Wildman–Crippen LogP) is 3.56. The Morgan fingerprint density at radius 1 is 1.08 bits per heavy atom. The van der Waals surface area contributed by atoms with Gasteiger partial charge in [-0.25, -0.2) is 0 Å². The Hall–Kier alpha value is -1.84. The van der Waals surface area contributed by atoms with Crippen LogP contribution in [-0.2, 0) is 4.79 Å². The minimum atomic E-state index is 0. The molecule has 3 rings (SSSR count). The molecule has 1 aliphatic rings. The summed E-state index contributed by atoms with van der Waals surface area (Å²) in [6, 6.07) is 20.5. The van der Waals surface area contributed by atoms with Crippen molar-refractivity contribution >= 4 is 18.3 Å². The summed E-state index contributed by atoms with van der Waals surface area (Å²) in [7, 11) is 0. The molecule has 2 N–H and O–H groups in total. The van der Waals surface area contributed by atoms with Gasteiger partial charge in [-0.1, -0.05) is 67.6 Å². The van der Waals surface area contributed by atoms with Crippen molar-refractivity contribution in [2.75, 3.05) is 13.1 Å². The third-order valence-electron chi connectivity index (χ3n) is 4.79. The van der Waals surface area contributed by atoms with Crippen LogP contribution in [0.15, 0.2) is 60.7 Å². The first-order chi connectivity index (χ1) is 11.1. The molecule has 1 saturated heterocycles. The Bertz CT molecular complexity index is 647. The van der Waals surface area contributed by atoms with Crippen molar-refractivity contribution in [1.82, 2.24) is 4.90 Å². The first-order valence-electron chi connectivity index (χ1n) is 8.28. The number of carbonyl (C=O) groups is 1. The molecule has 0 aliphatic carbocycles. The van der Waals surface area contributed by atoms with Gasteiger partial charge in [0, 0.05) is 31.5 Å². The van der Waals surface area contributed by atoms with Gasteiger partial charge < -0.3 is 10.6 Å². The van der Waals surface area contributed by atoms with Crippen LogP contribution in [0.1, 0.15) is 36.3 Å². The normalized spacial score (nSPS) is 21.2. The van der Waals surface area contributed by atoms with Crippen molar-refractivity contribution in [3.63, 3.8) is 0 Å². The van der Waals surface area contributed by atoms with Crippen LogP contribution in [-0.4, -0.2) is 29.9 Å². The quantitative estimate of drug-likeness (QED) is 0.921. The van der Waals surface area contributed by atoms with Gasteiger partial charge in [-0.3, -0.25) is 4.79 Å². The summed E-state index contributed by atoms with van der Waals surface area (Å²) < 4.78 is 0. The number of nitrogens with zero attached hydrogens (tertiary/aromatic N) is 1. The number of carbonyl (C=O) groups excluding carboxylic acids is 1. The summed E-state index contributed by atoms with van der Waals surface area (Å²) in [6.45, 7) is 3.49. The third kappa shape index (κ3) is 4.16. The van der Waals surface area contributed by atoms with Crippen LogP contribution in [0.4, 0.5) is 0 Å². The highest BCUT2D eigenvalue weighted by atomic mass is 35.5. The molecule has 128 valence electrons. The molecule has 3 nitrogen and oxygen atoms in total. The second-order valence-electron chi connectivity index (χ2n) is 6.50. The highest BCUT2D eigenvalue weighted by Gasteiger charge is 2.34.